The molecular weight excluding hydrogens is 356 g/mol. The number of nitrogens with one attached hydrogen (secondary N) is 1. The van der Waals surface area contributed by atoms with Gasteiger partial charge < -0.3 is 10.1 Å². The number of amides is 1. The normalized spacial score (nSPS) is 12.3. The van der Waals surface area contributed by atoms with Crippen LogP contribution in [0.2, 0.25) is 0 Å². The van der Waals surface area contributed by atoms with Crippen LogP contribution in [0.4, 0.5) is 5.69 Å². The second-order valence-electron chi connectivity index (χ2n) is 5.85. The molecule has 3 N–H and O–H groups in total. The molecule has 0 heterocycles. The minimum Gasteiger partial charge on any atom is -0.449 e. The molecule has 0 unspecified atom stereocenters. The maximum atomic E-state index is 12.3. The summed E-state index contributed by atoms with van der Waals surface area (Å²) >= 11 is 0. The van der Waals surface area contributed by atoms with Crippen LogP contribution in [0.5, 0.6) is 0 Å². The number of primary sulfonamides is 1. The molecule has 0 bridgehead atoms. The van der Waals surface area contributed by atoms with Gasteiger partial charge in [0.15, 0.2) is 6.10 Å². The summed E-state index contributed by atoms with van der Waals surface area (Å²) in [6, 6.07) is 10.6. The first-order valence-corrected chi connectivity index (χ1v) is 9.35. The number of aryl methyl sites for hydroxylation is 1. The Balaban J connectivity index is 2.03. The third-order valence-electron chi connectivity index (χ3n) is 3.93. The average molecular weight is 376 g/mol. The summed E-state index contributed by atoms with van der Waals surface area (Å²) in [6.45, 7) is 5.15. The molecule has 0 spiro atoms. The van der Waals surface area contributed by atoms with Crippen LogP contribution in [0.1, 0.15) is 28.4 Å². The Kier molecular flexibility index (Phi) is 5.79. The van der Waals surface area contributed by atoms with Crippen molar-refractivity contribution in [2.75, 3.05) is 5.32 Å². The number of nitrogens with two attached hydrogens (primary N) is 1. The summed E-state index contributed by atoms with van der Waals surface area (Å²) in [5.74, 6) is -1.12. The summed E-state index contributed by atoms with van der Waals surface area (Å²) in [7, 11) is -3.80. The van der Waals surface area contributed by atoms with Crippen molar-refractivity contribution in [1.29, 1.82) is 0 Å². The quantitative estimate of drug-likeness (QED) is 0.776. The van der Waals surface area contributed by atoms with Crippen molar-refractivity contribution in [3.05, 3.63) is 59.2 Å². The molecule has 0 aliphatic carbocycles. The maximum absolute atomic E-state index is 12.3. The lowest BCUT2D eigenvalue weighted by molar-refractivity contribution is -0.123. The van der Waals surface area contributed by atoms with Gasteiger partial charge in [-0.15, -0.1) is 0 Å². The third kappa shape index (κ3) is 4.68. The second kappa shape index (κ2) is 7.67. The zero-order chi connectivity index (χ0) is 19.5. The molecule has 0 aliphatic rings. The molecule has 0 aliphatic heterocycles. The van der Waals surface area contributed by atoms with E-state index >= 15 is 0 Å². The van der Waals surface area contributed by atoms with Gasteiger partial charge in [0.25, 0.3) is 5.91 Å². The van der Waals surface area contributed by atoms with E-state index in [4.69, 9.17) is 9.88 Å². The van der Waals surface area contributed by atoms with Crippen molar-refractivity contribution in [3.8, 4) is 0 Å². The summed E-state index contributed by atoms with van der Waals surface area (Å²) < 4.78 is 27.6. The molecule has 26 heavy (non-hydrogen) atoms. The largest absolute Gasteiger partial charge is 0.449 e. The SMILES string of the molecule is Cc1cccc(C(=O)O[C@@H](C)C(=O)Nc2ccc(S(N)(=O)=O)cc2)c1C. The fourth-order valence-electron chi connectivity index (χ4n) is 2.22. The first-order valence-electron chi connectivity index (χ1n) is 7.80. The predicted octanol–water partition coefficient (Wildman–Crippen LogP) is 2.13. The third-order valence-corrected chi connectivity index (χ3v) is 4.86. The number of anilines is 1. The number of esters is 1. The Labute approximate surface area is 152 Å². The lowest BCUT2D eigenvalue weighted by Crippen LogP contribution is -2.30. The standard InChI is InChI=1S/C18H20N2O5S/c1-11-5-4-6-16(12(11)2)18(22)25-13(3)17(21)20-14-7-9-15(10-8-14)26(19,23)24/h4-10,13H,1-3H3,(H,20,21)(H2,19,23,24)/t13-/m0/s1. The molecule has 1 atom stereocenters. The van der Waals surface area contributed by atoms with E-state index in [9.17, 15) is 18.0 Å². The zero-order valence-electron chi connectivity index (χ0n) is 14.6. The van der Waals surface area contributed by atoms with Crippen molar-refractivity contribution in [1.82, 2.24) is 0 Å². The average Bonchev–Trinajstić information content (AvgIpc) is 2.56. The number of hydrogen-bond donors (Lipinski definition) is 2. The molecule has 1 amide bonds. The van der Waals surface area contributed by atoms with Gasteiger partial charge in [-0.1, -0.05) is 12.1 Å². The maximum Gasteiger partial charge on any atom is 0.339 e. The van der Waals surface area contributed by atoms with Crippen LogP contribution in [-0.2, 0) is 19.6 Å². The van der Waals surface area contributed by atoms with E-state index in [0.717, 1.165) is 11.1 Å². The van der Waals surface area contributed by atoms with Crippen LogP contribution in [0.15, 0.2) is 47.4 Å². The van der Waals surface area contributed by atoms with Gasteiger partial charge in [0.2, 0.25) is 10.0 Å². The van der Waals surface area contributed by atoms with Crippen LogP contribution in [0.25, 0.3) is 0 Å². The van der Waals surface area contributed by atoms with E-state index in [1.807, 2.05) is 19.9 Å². The van der Waals surface area contributed by atoms with Crippen LogP contribution in [-0.4, -0.2) is 26.4 Å². The molecule has 0 aromatic heterocycles. The van der Waals surface area contributed by atoms with Crippen molar-refractivity contribution in [2.45, 2.75) is 31.8 Å². The highest BCUT2D eigenvalue weighted by atomic mass is 32.2. The van der Waals surface area contributed by atoms with Gasteiger partial charge >= 0.3 is 5.97 Å². The zero-order valence-corrected chi connectivity index (χ0v) is 15.5. The minimum absolute atomic E-state index is 0.0649. The van der Waals surface area contributed by atoms with Gasteiger partial charge in [0.05, 0.1) is 10.5 Å². The Morgan fingerprint density at radius 3 is 2.27 bits per heavy atom. The lowest BCUT2D eigenvalue weighted by Gasteiger charge is -2.15. The number of sulfonamides is 1. The van der Waals surface area contributed by atoms with Gasteiger partial charge in [0.1, 0.15) is 0 Å². The molecule has 2 rings (SSSR count). The van der Waals surface area contributed by atoms with Gasteiger partial charge in [-0.05, 0) is 62.2 Å². The number of rotatable bonds is 5. The fourth-order valence-corrected chi connectivity index (χ4v) is 2.74. The summed E-state index contributed by atoms with van der Waals surface area (Å²) in [6.07, 6.45) is -1.03. The van der Waals surface area contributed by atoms with Gasteiger partial charge in [-0.2, -0.15) is 0 Å². The molecule has 2 aromatic rings. The van der Waals surface area contributed by atoms with E-state index in [1.54, 1.807) is 12.1 Å². The van der Waals surface area contributed by atoms with Gasteiger partial charge in [-0.3, -0.25) is 4.79 Å². The van der Waals surface area contributed by atoms with Crippen molar-refractivity contribution >= 4 is 27.6 Å². The van der Waals surface area contributed by atoms with Crippen molar-refractivity contribution < 1.29 is 22.7 Å². The van der Waals surface area contributed by atoms with Crippen LogP contribution in [0, 0.1) is 13.8 Å². The monoisotopic (exact) mass is 376 g/mol. The molecular formula is C18H20N2O5S. The highest BCUT2D eigenvalue weighted by Gasteiger charge is 2.20. The molecule has 8 heteroatoms. The highest BCUT2D eigenvalue weighted by Crippen LogP contribution is 2.16. The van der Waals surface area contributed by atoms with Crippen molar-refractivity contribution in [3.63, 3.8) is 0 Å². The highest BCUT2D eigenvalue weighted by molar-refractivity contribution is 7.89. The summed E-state index contributed by atoms with van der Waals surface area (Å²) in [5, 5.41) is 7.57. The minimum atomic E-state index is -3.80. The van der Waals surface area contributed by atoms with Crippen LogP contribution >= 0.6 is 0 Å². The molecule has 2 aromatic carbocycles. The summed E-state index contributed by atoms with van der Waals surface area (Å²) in [5.41, 5.74) is 2.51. The van der Waals surface area contributed by atoms with E-state index in [2.05, 4.69) is 5.32 Å². The second-order valence-corrected chi connectivity index (χ2v) is 7.42. The molecule has 138 valence electrons. The Morgan fingerprint density at radius 2 is 1.69 bits per heavy atom. The predicted molar refractivity (Wildman–Crippen MR) is 97.2 cm³/mol. The Morgan fingerprint density at radius 1 is 1.08 bits per heavy atom. The molecule has 7 nitrogen and oxygen atoms in total. The van der Waals surface area contributed by atoms with E-state index in [1.165, 1.54) is 31.2 Å². The number of ether oxygens (including phenoxy) is 1. The van der Waals surface area contributed by atoms with Crippen molar-refractivity contribution in [2.24, 2.45) is 5.14 Å². The smallest absolute Gasteiger partial charge is 0.339 e. The Hall–Kier alpha value is -2.71. The first kappa shape index (κ1) is 19.6. The molecule has 0 radical (unpaired) electrons. The number of hydrogen-bond acceptors (Lipinski definition) is 5. The lowest BCUT2D eigenvalue weighted by atomic mass is 10.0. The van der Waals surface area contributed by atoms with Crippen LogP contribution < -0.4 is 10.5 Å². The Bertz CT molecular complexity index is 937. The van der Waals surface area contributed by atoms with Gasteiger partial charge in [-0.25, -0.2) is 18.4 Å². The first-order chi connectivity index (χ1) is 12.1. The van der Waals surface area contributed by atoms with E-state index in [0.29, 0.717) is 11.3 Å². The topological polar surface area (TPSA) is 116 Å². The molecule has 0 saturated carbocycles. The summed E-state index contributed by atoms with van der Waals surface area (Å²) in [4.78, 5) is 24.4. The number of carbonyl (C=O) groups is 2. The molecule has 0 fully saturated rings. The number of carbonyl (C=O) groups excluding carboxylic acids is 2. The number of benzene rings is 2. The molecule has 0 saturated heterocycles. The van der Waals surface area contributed by atoms with Crippen LogP contribution in [0.3, 0.4) is 0 Å². The van der Waals surface area contributed by atoms with E-state index < -0.39 is 28.0 Å². The van der Waals surface area contributed by atoms with E-state index in [-0.39, 0.29) is 4.90 Å². The fraction of sp³-hybridized carbons (Fsp3) is 0.222. The van der Waals surface area contributed by atoms with Gasteiger partial charge in [0, 0.05) is 5.69 Å².